The molecule has 10 rings (SSSR count). The molecule has 8 aromatic carbocycles. The van der Waals surface area contributed by atoms with Gasteiger partial charge in [-0.25, -0.2) is 0 Å². The predicted molar refractivity (Wildman–Crippen MR) is 216 cm³/mol. The Morgan fingerprint density at radius 3 is 1.56 bits per heavy atom. The molecule has 52 heavy (non-hydrogen) atoms. The summed E-state index contributed by atoms with van der Waals surface area (Å²) in [6.45, 7) is 0. The summed E-state index contributed by atoms with van der Waals surface area (Å²) in [5.74, 6) is 0. The lowest BCUT2D eigenvalue weighted by molar-refractivity contribution is 1.18. The first kappa shape index (κ1) is 29.7. The standard InChI is InChI=1S/C49H31N3/c50-32-33-25-28-36(29-26-33)51-46-23-10-8-19-41(46)43-30-27-34(31-48(43)51)37-15-4-5-16-38(37)39-17-6-7-18-40(39)44-21-12-22-45-42-20-9-11-24-47(42)52(49(44)45)35-13-2-1-3-14-35/h1-31H. The van der Waals surface area contributed by atoms with Crippen molar-refractivity contribution in [1.29, 1.82) is 5.26 Å². The monoisotopic (exact) mass is 661 g/mol. The Kier molecular flexibility index (Phi) is 6.87. The molecule has 0 fully saturated rings. The number of fused-ring (bicyclic) bond motifs is 6. The average Bonchev–Trinajstić information content (AvgIpc) is 3.74. The molecular formula is C49H31N3. The van der Waals surface area contributed by atoms with Gasteiger partial charge in [0.25, 0.3) is 0 Å². The zero-order valence-corrected chi connectivity index (χ0v) is 28.2. The molecule has 0 N–H and O–H groups in total. The average molecular weight is 662 g/mol. The smallest absolute Gasteiger partial charge is 0.0991 e. The van der Waals surface area contributed by atoms with Crippen LogP contribution < -0.4 is 0 Å². The van der Waals surface area contributed by atoms with Crippen molar-refractivity contribution in [1.82, 2.24) is 9.13 Å². The van der Waals surface area contributed by atoms with E-state index in [9.17, 15) is 5.26 Å². The summed E-state index contributed by atoms with van der Waals surface area (Å²) in [6, 6.07) is 69.2. The summed E-state index contributed by atoms with van der Waals surface area (Å²) in [4.78, 5) is 0. The van der Waals surface area contributed by atoms with Gasteiger partial charge in [0.05, 0.1) is 33.7 Å². The van der Waals surface area contributed by atoms with Gasteiger partial charge in [-0.3, -0.25) is 0 Å². The fourth-order valence-corrected chi connectivity index (χ4v) is 8.11. The van der Waals surface area contributed by atoms with Gasteiger partial charge in [-0.15, -0.1) is 0 Å². The van der Waals surface area contributed by atoms with Crippen LogP contribution in [0.25, 0.3) is 88.4 Å². The van der Waals surface area contributed by atoms with Crippen LogP contribution in [0.1, 0.15) is 5.56 Å². The minimum Gasteiger partial charge on any atom is -0.309 e. The van der Waals surface area contributed by atoms with E-state index in [1.807, 2.05) is 24.3 Å². The summed E-state index contributed by atoms with van der Waals surface area (Å²) in [7, 11) is 0. The van der Waals surface area contributed by atoms with E-state index in [-0.39, 0.29) is 0 Å². The summed E-state index contributed by atoms with van der Waals surface area (Å²) >= 11 is 0. The van der Waals surface area contributed by atoms with Crippen LogP contribution in [0.5, 0.6) is 0 Å². The van der Waals surface area contributed by atoms with Crippen LogP contribution >= 0.6 is 0 Å². The van der Waals surface area contributed by atoms with Gasteiger partial charge >= 0.3 is 0 Å². The second-order valence-electron chi connectivity index (χ2n) is 13.2. The number of para-hydroxylation sites is 4. The van der Waals surface area contributed by atoms with Gasteiger partial charge < -0.3 is 9.13 Å². The second kappa shape index (κ2) is 12.0. The number of rotatable bonds is 5. The van der Waals surface area contributed by atoms with Gasteiger partial charge in [-0.05, 0) is 82.4 Å². The predicted octanol–water partition coefficient (Wildman–Crippen LogP) is 12.8. The molecular weight excluding hydrogens is 631 g/mol. The largest absolute Gasteiger partial charge is 0.309 e. The maximum Gasteiger partial charge on any atom is 0.0991 e. The summed E-state index contributed by atoms with van der Waals surface area (Å²) < 4.78 is 4.73. The fraction of sp³-hybridized carbons (Fsp3) is 0. The van der Waals surface area contributed by atoms with Crippen LogP contribution in [0.15, 0.2) is 188 Å². The van der Waals surface area contributed by atoms with E-state index < -0.39 is 0 Å². The van der Waals surface area contributed by atoms with Crippen molar-refractivity contribution < 1.29 is 0 Å². The van der Waals surface area contributed by atoms with Crippen LogP contribution in [-0.4, -0.2) is 9.13 Å². The van der Waals surface area contributed by atoms with E-state index in [1.165, 1.54) is 60.4 Å². The molecule has 2 aromatic heterocycles. The van der Waals surface area contributed by atoms with Crippen molar-refractivity contribution in [2.45, 2.75) is 0 Å². The van der Waals surface area contributed by atoms with Crippen molar-refractivity contribution in [3.63, 3.8) is 0 Å². The van der Waals surface area contributed by atoms with Gasteiger partial charge in [0, 0.05) is 38.5 Å². The van der Waals surface area contributed by atoms with Crippen LogP contribution in [0.4, 0.5) is 0 Å². The Morgan fingerprint density at radius 1 is 0.346 bits per heavy atom. The first-order valence-corrected chi connectivity index (χ1v) is 17.6. The van der Waals surface area contributed by atoms with Crippen LogP contribution in [0.3, 0.4) is 0 Å². The molecule has 3 heteroatoms. The highest BCUT2D eigenvalue weighted by Crippen LogP contribution is 2.44. The Hall–Kier alpha value is -7.15. The van der Waals surface area contributed by atoms with Crippen molar-refractivity contribution in [2.75, 3.05) is 0 Å². The van der Waals surface area contributed by atoms with Crippen LogP contribution in [0.2, 0.25) is 0 Å². The molecule has 0 aliphatic heterocycles. The molecule has 0 amide bonds. The highest BCUT2D eigenvalue weighted by molar-refractivity contribution is 6.15. The Bertz CT molecular complexity index is 3010. The van der Waals surface area contributed by atoms with E-state index in [0.717, 1.165) is 28.0 Å². The van der Waals surface area contributed by atoms with Gasteiger partial charge in [0.1, 0.15) is 0 Å². The maximum absolute atomic E-state index is 9.47. The number of hydrogen-bond donors (Lipinski definition) is 0. The number of nitrogens with zero attached hydrogens (tertiary/aromatic N) is 3. The molecule has 242 valence electrons. The van der Waals surface area contributed by atoms with Crippen molar-refractivity contribution in [3.05, 3.63) is 194 Å². The molecule has 3 nitrogen and oxygen atoms in total. The van der Waals surface area contributed by atoms with Gasteiger partial charge in [-0.2, -0.15) is 5.26 Å². The second-order valence-corrected chi connectivity index (χ2v) is 13.2. The van der Waals surface area contributed by atoms with E-state index in [0.29, 0.717) is 5.56 Å². The highest BCUT2D eigenvalue weighted by atomic mass is 15.0. The Balaban J connectivity index is 1.20. The first-order chi connectivity index (χ1) is 25.8. The minimum absolute atomic E-state index is 0.651. The Labute approximate surface area is 301 Å². The molecule has 0 saturated carbocycles. The molecule has 0 aliphatic carbocycles. The van der Waals surface area contributed by atoms with Crippen LogP contribution in [-0.2, 0) is 0 Å². The van der Waals surface area contributed by atoms with Gasteiger partial charge in [-0.1, -0.05) is 133 Å². The van der Waals surface area contributed by atoms with Crippen molar-refractivity contribution >= 4 is 43.6 Å². The molecule has 0 aliphatic rings. The maximum atomic E-state index is 9.47. The third-order valence-corrected chi connectivity index (χ3v) is 10.4. The number of aromatic nitrogens is 2. The zero-order chi connectivity index (χ0) is 34.6. The molecule has 0 bridgehead atoms. The molecule has 10 aromatic rings. The fourth-order valence-electron chi connectivity index (χ4n) is 8.11. The molecule has 0 saturated heterocycles. The normalized spacial score (nSPS) is 11.4. The molecule has 0 unspecified atom stereocenters. The van der Waals surface area contributed by atoms with Crippen molar-refractivity contribution in [2.24, 2.45) is 0 Å². The lowest BCUT2D eigenvalue weighted by atomic mass is 9.88. The Morgan fingerprint density at radius 2 is 0.846 bits per heavy atom. The minimum atomic E-state index is 0.651. The van der Waals surface area contributed by atoms with E-state index in [4.69, 9.17) is 0 Å². The topological polar surface area (TPSA) is 33.6 Å². The highest BCUT2D eigenvalue weighted by Gasteiger charge is 2.20. The SMILES string of the molecule is N#Cc1ccc(-n2c3ccccc3c3ccc(-c4ccccc4-c4ccccc4-c4cccc5c6ccccc6n(-c6ccccc6)c45)cc32)cc1. The van der Waals surface area contributed by atoms with E-state index >= 15 is 0 Å². The third kappa shape index (κ3) is 4.59. The van der Waals surface area contributed by atoms with Gasteiger partial charge in [0.2, 0.25) is 0 Å². The van der Waals surface area contributed by atoms with E-state index in [2.05, 4.69) is 179 Å². The molecule has 2 heterocycles. The molecule has 0 radical (unpaired) electrons. The molecule has 0 atom stereocenters. The number of hydrogen-bond acceptors (Lipinski definition) is 1. The number of nitriles is 1. The summed E-state index contributed by atoms with van der Waals surface area (Å²) in [5, 5.41) is 14.3. The third-order valence-electron chi connectivity index (χ3n) is 10.4. The summed E-state index contributed by atoms with van der Waals surface area (Å²) in [5.41, 5.74) is 14.5. The van der Waals surface area contributed by atoms with Crippen molar-refractivity contribution in [3.8, 4) is 50.8 Å². The zero-order valence-electron chi connectivity index (χ0n) is 28.2. The van der Waals surface area contributed by atoms with Gasteiger partial charge in [0.15, 0.2) is 0 Å². The quantitative estimate of drug-likeness (QED) is 0.181. The van der Waals surface area contributed by atoms with Crippen LogP contribution in [0, 0.1) is 11.3 Å². The lowest BCUT2D eigenvalue weighted by Crippen LogP contribution is -1.96. The molecule has 0 spiro atoms. The summed E-state index contributed by atoms with van der Waals surface area (Å²) in [6.07, 6.45) is 0. The number of benzene rings is 8. The van der Waals surface area contributed by atoms with E-state index in [1.54, 1.807) is 0 Å². The first-order valence-electron chi connectivity index (χ1n) is 17.6. The lowest BCUT2D eigenvalue weighted by Gasteiger charge is -2.17.